The van der Waals surface area contributed by atoms with E-state index in [0.717, 1.165) is 30.8 Å². The van der Waals surface area contributed by atoms with Crippen molar-refractivity contribution in [3.05, 3.63) is 35.1 Å². The van der Waals surface area contributed by atoms with Gasteiger partial charge in [-0.05, 0) is 58.3 Å². The minimum atomic E-state index is -0.403. The highest BCUT2D eigenvalue weighted by Crippen LogP contribution is 2.16. The third-order valence-corrected chi connectivity index (χ3v) is 3.22. The minimum Gasteiger partial charge on any atom is -0.326 e. The molecule has 0 aromatic heterocycles. The van der Waals surface area contributed by atoms with Gasteiger partial charge in [0.1, 0.15) is 5.82 Å². The van der Waals surface area contributed by atoms with Crippen LogP contribution < -0.4 is 5.73 Å². The zero-order valence-electron chi connectivity index (χ0n) is 13.2. The Morgan fingerprint density at radius 1 is 1.33 bits per heavy atom. The number of hydrogen-bond donors (Lipinski definition) is 2. The van der Waals surface area contributed by atoms with Gasteiger partial charge in [-0.1, -0.05) is 12.1 Å². The first-order valence-corrected chi connectivity index (χ1v) is 7.38. The monoisotopic (exact) mass is 300 g/mol. The molecule has 21 heavy (non-hydrogen) atoms. The second-order valence-corrected chi connectivity index (χ2v) is 6.32. The lowest BCUT2D eigenvalue weighted by Crippen LogP contribution is -2.19. The van der Waals surface area contributed by atoms with Crippen LogP contribution in [-0.2, 0) is 18.0 Å². The molecule has 0 atom stereocenters. The molecule has 1 aliphatic rings. The summed E-state index contributed by atoms with van der Waals surface area (Å²) in [6.07, 6.45) is 2.48. The van der Waals surface area contributed by atoms with Gasteiger partial charge in [0.25, 0.3) is 0 Å². The maximum Gasteiger partial charge on any atom is 0.128 e. The molecule has 1 saturated heterocycles. The van der Waals surface area contributed by atoms with Gasteiger partial charge in [0, 0.05) is 20.1 Å². The molecule has 0 aliphatic carbocycles. The highest BCUT2D eigenvalue weighted by atomic mass is 19.1. The lowest BCUT2D eigenvalue weighted by molar-refractivity contribution is -0.306. The highest BCUT2D eigenvalue weighted by molar-refractivity contribution is 5.24. The predicted molar refractivity (Wildman–Crippen MR) is 84.4 cm³/mol. The molecule has 1 aliphatic heterocycles. The molecule has 0 amide bonds. The molecule has 4 nitrogen and oxygen atoms in total. The Balaban J connectivity index is 0.000000546. The highest BCUT2D eigenvalue weighted by Gasteiger charge is 2.13. The molecule has 5 heteroatoms. The summed E-state index contributed by atoms with van der Waals surface area (Å²) in [5.74, 6) is -0.121. The number of likely N-dealkylation sites (tertiary alicyclic amines) is 1. The van der Waals surface area contributed by atoms with Crippen molar-refractivity contribution in [3.63, 3.8) is 0 Å². The van der Waals surface area contributed by atoms with Crippen molar-refractivity contribution in [2.24, 2.45) is 5.73 Å². The molecular formula is C16H29FN2O2. The van der Waals surface area contributed by atoms with Gasteiger partial charge in [-0.2, -0.15) is 0 Å². The third-order valence-electron chi connectivity index (χ3n) is 3.22. The van der Waals surface area contributed by atoms with Crippen LogP contribution in [0.2, 0.25) is 0 Å². The third kappa shape index (κ3) is 7.00. The van der Waals surface area contributed by atoms with Gasteiger partial charge in [-0.3, -0.25) is 10.2 Å². The van der Waals surface area contributed by atoms with Crippen LogP contribution in [0, 0.1) is 5.82 Å². The van der Waals surface area contributed by atoms with Crippen molar-refractivity contribution in [2.75, 3.05) is 13.1 Å². The lowest BCUT2D eigenvalue weighted by Gasteiger charge is -2.15. The number of nitrogens with zero attached hydrogens (tertiary/aromatic N) is 1. The maximum absolute atomic E-state index is 13.6. The van der Waals surface area contributed by atoms with E-state index in [2.05, 4.69) is 9.79 Å². The normalized spacial score (nSPS) is 15.7. The van der Waals surface area contributed by atoms with Crippen LogP contribution >= 0.6 is 0 Å². The zero-order chi connectivity index (χ0) is 15.9. The van der Waals surface area contributed by atoms with Crippen molar-refractivity contribution in [2.45, 2.75) is 52.3 Å². The average molecular weight is 300 g/mol. The second kappa shape index (κ2) is 8.44. The molecule has 0 spiro atoms. The first kappa shape index (κ1) is 18.0. The largest absolute Gasteiger partial charge is 0.326 e. The van der Waals surface area contributed by atoms with E-state index in [1.807, 2.05) is 12.1 Å². The molecule has 122 valence electrons. The number of hydrogen-bond acceptors (Lipinski definition) is 4. The summed E-state index contributed by atoms with van der Waals surface area (Å²) in [4.78, 5) is 6.23. The maximum atomic E-state index is 13.6. The standard InChI is InChI=1S/C12H17FN2.C4H10O2.H2/c13-12-7-10(8-14)3-4-11(12)9-15-5-1-2-6-15;1-4(2,3)6-5;/h3-4,7H,1-2,5-6,8-9,14H2;5H,1-3H3;1H. The summed E-state index contributed by atoms with van der Waals surface area (Å²) >= 11 is 0. The molecule has 0 radical (unpaired) electrons. The molecule has 2 rings (SSSR count). The van der Waals surface area contributed by atoms with Crippen molar-refractivity contribution in [1.82, 2.24) is 4.90 Å². The van der Waals surface area contributed by atoms with Crippen LogP contribution in [0.3, 0.4) is 0 Å². The smallest absolute Gasteiger partial charge is 0.128 e. The SMILES string of the molecule is CC(C)(C)OO.NCc1ccc(CN2CCCC2)c(F)c1.[HH]. The molecule has 0 unspecified atom stereocenters. The van der Waals surface area contributed by atoms with Gasteiger partial charge < -0.3 is 5.73 Å². The van der Waals surface area contributed by atoms with E-state index in [9.17, 15) is 4.39 Å². The molecule has 1 heterocycles. The summed E-state index contributed by atoms with van der Waals surface area (Å²) in [5.41, 5.74) is 6.70. The van der Waals surface area contributed by atoms with Crippen molar-refractivity contribution in [3.8, 4) is 0 Å². The van der Waals surface area contributed by atoms with Gasteiger partial charge in [0.15, 0.2) is 0 Å². The topological polar surface area (TPSA) is 58.7 Å². The first-order valence-electron chi connectivity index (χ1n) is 7.38. The summed E-state index contributed by atoms with van der Waals surface area (Å²) < 4.78 is 13.6. The minimum absolute atomic E-state index is 0. The average Bonchev–Trinajstić information content (AvgIpc) is 2.94. The van der Waals surface area contributed by atoms with E-state index in [1.165, 1.54) is 12.8 Å². The summed E-state index contributed by atoms with van der Waals surface area (Å²) in [6, 6.07) is 5.32. The van der Waals surface area contributed by atoms with Gasteiger partial charge in [-0.15, -0.1) is 0 Å². The van der Waals surface area contributed by atoms with Crippen LogP contribution in [-0.4, -0.2) is 28.8 Å². The van der Waals surface area contributed by atoms with E-state index >= 15 is 0 Å². The quantitative estimate of drug-likeness (QED) is 0.663. The Morgan fingerprint density at radius 3 is 2.33 bits per heavy atom. The fourth-order valence-corrected chi connectivity index (χ4v) is 2.03. The van der Waals surface area contributed by atoms with Gasteiger partial charge in [-0.25, -0.2) is 9.28 Å². The Bertz CT molecular complexity index is 433. The van der Waals surface area contributed by atoms with Gasteiger partial charge in [0.05, 0.1) is 5.60 Å². The number of benzene rings is 1. The zero-order valence-corrected chi connectivity index (χ0v) is 13.2. The van der Waals surface area contributed by atoms with Crippen molar-refractivity contribution < 1.29 is 16.0 Å². The van der Waals surface area contributed by atoms with E-state index in [0.29, 0.717) is 6.54 Å². The molecule has 0 saturated carbocycles. The predicted octanol–water partition coefficient (Wildman–Crippen LogP) is 3.40. The molecule has 1 aromatic carbocycles. The van der Waals surface area contributed by atoms with Crippen LogP contribution in [0.4, 0.5) is 4.39 Å². The molecule has 1 fully saturated rings. The molecule has 0 bridgehead atoms. The molecule has 3 N–H and O–H groups in total. The van der Waals surface area contributed by atoms with Crippen LogP contribution in [0.1, 0.15) is 46.2 Å². The van der Waals surface area contributed by atoms with Crippen molar-refractivity contribution >= 4 is 0 Å². The van der Waals surface area contributed by atoms with E-state index in [4.69, 9.17) is 11.0 Å². The number of rotatable bonds is 3. The Kier molecular flexibility index (Phi) is 7.25. The van der Waals surface area contributed by atoms with Crippen LogP contribution in [0.25, 0.3) is 0 Å². The fraction of sp³-hybridized carbons (Fsp3) is 0.625. The van der Waals surface area contributed by atoms with Crippen LogP contribution in [0.15, 0.2) is 18.2 Å². The van der Waals surface area contributed by atoms with Crippen LogP contribution in [0.5, 0.6) is 0 Å². The fourth-order valence-electron chi connectivity index (χ4n) is 2.03. The van der Waals surface area contributed by atoms with Gasteiger partial charge >= 0.3 is 0 Å². The summed E-state index contributed by atoms with van der Waals surface area (Å²) in [7, 11) is 0. The summed E-state index contributed by atoms with van der Waals surface area (Å²) in [6.45, 7) is 8.64. The Labute approximate surface area is 128 Å². The second-order valence-electron chi connectivity index (χ2n) is 6.32. The number of halogens is 1. The number of nitrogens with two attached hydrogens (primary N) is 1. The van der Waals surface area contributed by atoms with E-state index in [1.54, 1.807) is 26.8 Å². The Morgan fingerprint density at radius 2 is 1.90 bits per heavy atom. The van der Waals surface area contributed by atoms with Gasteiger partial charge in [0.2, 0.25) is 0 Å². The summed E-state index contributed by atoms with van der Waals surface area (Å²) in [5, 5.41) is 7.90. The lowest BCUT2D eigenvalue weighted by atomic mass is 10.1. The van der Waals surface area contributed by atoms with E-state index in [-0.39, 0.29) is 7.24 Å². The first-order chi connectivity index (χ1) is 9.85. The van der Waals surface area contributed by atoms with Crippen molar-refractivity contribution in [1.29, 1.82) is 0 Å². The van der Waals surface area contributed by atoms with E-state index < -0.39 is 5.60 Å². The Hall–Kier alpha value is -1.01. The molecule has 1 aromatic rings. The molecular weight excluding hydrogens is 271 g/mol.